The van der Waals surface area contributed by atoms with Crippen LogP contribution in [0.25, 0.3) is 0 Å². The average molecular weight is 256 g/mol. The molecule has 1 aliphatic heterocycles. The molecule has 0 bridgehead atoms. The number of sulfone groups is 1. The Labute approximate surface area is 101 Å². The highest BCUT2D eigenvalue weighted by molar-refractivity contribution is 7.91. The zero-order valence-corrected chi connectivity index (χ0v) is 10.5. The van der Waals surface area contributed by atoms with Crippen LogP contribution >= 0.6 is 0 Å². The molecule has 1 N–H and O–H groups in total. The molecule has 2 rings (SSSR count). The molecule has 1 unspecified atom stereocenters. The van der Waals surface area contributed by atoms with Gasteiger partial charge in [0.05, 0.1) is 18.6 Å². The maximum absolute atomic E-state index is 11.3. The van der Waals surface area contributed by atoms with Crippen LogP contribution in [0.2, 0.25) is 0 Å². The Morgan fingerprint density at radius 1 is 1.59 bits per heavy atom. The monoisotopic (exact) mass is 256 g/mol. The normalized spacial score (nSPS) is 22.5. The summed E-state index contributed by atoms with van der Waals surface area (Å²) in [5.74, 6) is 1.11. The fourth-order valence-corrected chi connectivity index (χ4v) is 3.60. The minimum absolute atomic E-state index is 0.0687. The molecule has 0 radical (unpaired) electrons. The molecule has 0 aromatic carbocycles. The standard InChI is InChI=1S/C11H16N2O3S/c1-16-11-6-9(2-4-12-11)7-13-10-3-5-17(14,15)8-10/h2,4,6,10,13H,3,5,7-8H2,1H3. The van der Waals surface area contributed by atoms with E-state index in [1.807, 2.05) is 12.1 Å². The predicted octanol–water partition coefficient (Wildman–Crippen LogP) is 0.367. The predicted molar refractivity (Wildman–Crippen MR) is 64.7 cm³/mol. The SMILES string of the molecule is COc1cc(CNC2CCS(=O)(=O)C2)ccn1. The van der Waals surface area contributed by atoms with E-state index in [0.717, 1.165) is 5.56 Å². The van der Waals surface area contributed by atoms with E-state index in [0.29, 0.717) is 24.6 Å². The van der Waals surface area contributed by atoms with Crippen molar-refractivity contribution >= 4 is 9.84 Å². The van der Waals surface area contributed by atoms with Gasteiger partial charge in [-0.25, -0.2) is 13.4 Å². The highest BCUT2D eigenvalue weighted by Gasteiger charge is 2.27. The van der Waals surface area contributed by atoms with Gasteiger partial charge in [0.25, 0.3) is 0 Å². The second kappa shape index (κ2) is 5.01. The molecule has 17 heavy (non-hydrogen) atoms. The van der Waals surface area contributed by atoms with Gasteiger partial charge in [-0.1, -0.05) is 0 Å². The molecule has 94 valence electrons. The highest BCUT2D eigenvalue weighted by atomic mass is 32.2. The van der Waals surface area contributed by atoms with Gasteiger partial charge in [0.2, 0.25) is 5.88 Å². The Balaban J connectivity index is 1.90. The first kappa shape index (κ1) is 12.3. The first-order valence-corrected chi connectivity index (χ1v) is 7.34. The van der Waals surface area contributed by atoms with Gasteiger partial charge in [-0.15, -0.1) is 0 Å². The first-order valence-electron chi connectivity index (χ1n) is 5.52. The van der Waals surface area contributed by atoms with Crippen molar-refractivity contribution in [3.63, 3.8) is 0 Å². The Hall–Kier alpha value is -1.14. The third-order valence-corrected chi connectivity index (χ3v) is 4.60. The maximum atomic E-state index is 11.3. The van der Waals surface area contributed by atoms with Crippen LogP contribution in [0.4, 0.5) is 0 Å². The first-order chi connectivity index (χ1) is 8.09. The van der Waals surface area contributed by atoms with E-state index in [2.05, 4.69) is 10.3 Å². The van der Waals surface area contributed by atoms with Crippen molar-refractivity contribution < 1.29 is 13.2 Å². The number of hydrogen-bond acceptors (Lipinski definition) is 5. The van der Waals surface area contributed by atoms with E-state index in [-0.39, 0.29) is 11.8 Å². The third kappa shape index (κ3) is 3.41. The average Bonchev–Trinajstić information content (AvgIpc) is 2.67. The zero-order valence-electron chi connectivity index (χ0n) is 9.72. The fourth-order valence-electron chi connectivity index (χ4n) is 1.89. The molecule has 1 saturated heterocycles. The van der Waals surface area contributed by atoms with Gasteiger partial charge in [-0.05, 0) is 18.1 Å². The molecule has 1 aromatic heterocycles. The van der Waals surface area contributed by atoms with E-state index in [4.69, 9.17) is 4.74 Å². The second-order valence-electron chi connectivity index (χ2n) is 4.19. The van der Waals surface area contributed by atoms with Crippen LogP contribution in [0.5, 0.6) is 5.88 Å². The molecule has 0 spiro atoms. The van der Waals surface area contributed by atoms with Crippen LogP contribution < -0.4 is 10.1 Å². The van der Waals surface area contributed by atoms with E-state index in [9.17, 15) is 8.42 Å². The Morgan fingerprint density at radius 3 is 3.06 bits per heavy atom. The summed E-state index contributed by atoms with van der Waals surface area (Å²) in [7, 11) is -1.24. The van der Waals surface area contributed by atoms with E-state index in [1.165, 1.54) is 0 Å². The summed E-state index contributed by atoms with van der Waals surface area (Å²) >= 11 is 0. The molecule has 5 nitrogen and oxygen atoms in total. The molecule has 1 aliphatic rings. The van der Waals surface area contributed by atoms with Crippen molar-refractivity contribution in [3.05, 3.63) is 23.9 Å². The van der Waals surface area contributed by atoms with Crippen LogP contribution in [0, 0.1) is 0 Å². The second-order valence-corrected chi connectivity index (χ2v) is 6.42. The number of hydrogen-bond donors (Lipinski definition) is 1. The lowest BCUT2D eigenvalue weighted by atomic mass is 10.2. The number of aromatic nitrogens is 1. The van der Waals surface area contributed by atoms with Gasteiger partial charge in [0.1, 0.15) is 0 Å². The van der Waals surface area contributed by atoms with Crippen molar-refractivity contribution in [3.8, 4) is 5.88 Å². The Kier molecular flexibility index (Phi) is 3.63. The molecule has 2 heterocycles. The van der Waals surface area contributed by atoms with Crippen LogP contribution in [0.3, 0.4) is 0 Å². The minimum atomic E-state index is -2.81. The smallest absolute Gasteiger partial charge is 0.213 e. The van der Waals surface area contributed by atoms with Crippen molar-refractivity contribution in [2.45, 2.75) is 19.0 Å². The summed E-state index contributed by atoms with van der Waals surface area (Å²) in [5, 5.41) is 3.24. The summed E-state index contributed by atoms with van der Waals surface area (Å²) in [6.45, 7) is 0.638. The topological polar surface area (TPSA) is 68.3 Å². The molecule has 6 heteroatoms. The quantitative estimate of drug-likeness (QED) is 0.843. The number of methoxy groups -OCH3 is 1. The van der Waals surface area contributed by atoms with E-state index >= 15 is 0 Å². The number of ether oxygens (including phenoxy) is 1. The van der Waals surface area contributed by atoms with Crippen LogP contribution in [-0.4, -0.2) is 38.1 Å². The van der Waals surface area contributed by atoms with E-state index in [1.54, 1.807) is 13.3 Å². The van der Waals surface area contributed by atoms with Crippen molar-refractivity contribution in [1.29, 1.82) is 0 Å². The van der Waals surface area contributed by atoms with Gasteiger partial charge in [0, 0.05) is 24.8 Å². The Bertz CT molecular complexity index is 487. The number of nitrogens with zero attached hydrogens (tertiary/aromatic N) is 1. The Morgan fingerprint density at radius 2 is 2.41 bits per heavy atom. The van der Waals surface area contributed by atoms with E-state index < -0.39 is 9.84 Å². The van der Waals surface area contributed by atoms with Crippen LogP contribution in [0.1, 0.15) is 12.0 Å². The summed E-state index contributed by atoms with van der Waals surface area (Å²) in [5.41, 5.74) is 1.04. The molecule has 1 aromatic rings. The largest absolute Gasteiger partial charge is 0.481 e. The summed E-state index contributed by atoms with van der Waals surface area (Å²) in [6.07, 6.45) is 2.38. The molecular weight excluding hydrogens is 240 g/mol. The van der Waals surface area contributed by atoms with Gasteiger partial charge >= 0.3 is 0 Å². The molecule has 0 aliphatic carbocycles. The van der Waals surface area contributed by atoms with Crippen LogP contribution in [-0.2, 0) is 16.4 Å². The summed E-state index contributed by atoms with van der Waals surface area (Å²) in [6, 6.07) is 3.80. The molecular formula is C11H16N2O3S. The van der Waals surface area contributed by atoms with Gasteiger partial charge < -0.3 is 10.1 Å². The minimum Gasteiger partial charge on any atom is -0.481 e. The van der Waals surface area contributed by atoms with Gasteiger partial charge in [0.15, 0.2) is 9.84 Å². The van der Waals surface area contributed by atoms with Crippen LogP contribution in [0.15, 0.2) is 18.3 Å². The van der Waals surface area contributed by atoms with Crippen molar-refractivity contribution in [2.24, 2.45) is 0 Å². The molecule has 0 amide bonds. The number of pyridine rings is 1. The summed E-state index contributed by atoms with van der Waals surface area (Å²) < 4.78 is 27.6. The van der Waals surface area contributed by atoms with Gasteiger partial charge in [-0.2, -0.15) is 0 Å². The lowest BCUT2D eigenvalue weighted by Crippen LogP contribution is -2.29. The molecule has 1 fully saturated rings. The van der Waals surface area contributed by atoms with Gasteiger partial charge in [-0.3, -0.25) is 0 Å². The third-order valence-electron chi connectivity index (χ3n) is 2.84. The lowest BCUT2D eigenvalue weighted by Gasteiger charge is -2.10. The van der Waals surface area contributed by atoms with Crippen molar-refractivity contribution in [2.75, 3.05) is 18.6 Å². The zero-order chi connectivity index (χ0) is 12.3. The maximum Gasteiger partial charge on any atom is 0.213 e. The highest BCUT2D eigenvalue weighted by Crippen LogP contribution is 2.13. The fraction of sp³-hybridized carbons (Fsp3) is 0.545. The number of nitrogens with one attached hydrogen (secondary N) is 1. The molecule has 0 saturated carbocycles. The molecule has 1 atom stereocenters. The summed E-state index contributed by atoms with van der Waals surface area (Å²) in [4.78, 5) is 4.01. The number of rotatable bonds is 4. The van der Waals surface area contributed by atoms with Crippen molar-refractivity contribution in [1.82, 2.24) is 10.3 Å². The lowest BCUT2D eigenvalue weighted by molar-refractivity contribution is 0.397.